The standard InChI is InChI=1S/C21H29N5O2/c1-27-19-8-7-17(12-22-19)20-23-24-21(26(20)13-15-9-11-28-14-15)25-10-3-6-18(25)16-4-2-5-16/h7-8,12,15-16,18H,2-6,9-11,13-14H2,1H3. The number of aromatic nitrogens is 4. The molecule has 0 radical (unpaired) electrons. The van der Waals surface area contributed by atoms with E-state index in [-0.39, 0.29) is 0 Å². The smallest absolute Gasteiger partial charge is 0.227 e. The predicted molar refractivity (Wildman–Crippen MR) is 106 cm³/mol. The summed E-state index contributed by atoms with van der Waals surface area (Å²) in [6, 6.07) is 4.53. The van der Waals surface area contributed by atoms with Crippen LogP contribution in [0.15, 0.2) is 18.3 Å². The predicted octanol–water partition coefficient (Wildman–Crippen LogP) is 3.15. The Morgan fingerprint density at radius 3 is 2.75 bits per heavy atom. The second kappa shape index (κ2) is 7.70. The molecule has 0 amide bonds. The van der Waals surface area contributed by atoms with Crippen molar-refractivity contribution < 1.29 is 9.47 Å². The Balaban J connectivity index is 1.49. The monoisotopic (exact) mass is 383 g/mol. The van der Waals surface area contributed by atoms with Crippen LogP contribution in [0.5, 0.6) is 5.88 Å². The Morgan fingerprint density at radius 2 is 2.07 bits per heavy atom. The fourth-order valence-corrected chi connectivity index (χ4v) is 4.86. The van der Waals surface area contributed by atoms with Crippen LogP contribution in [0.1, 0.15) is 38.5 Å². The average Bonchev–Trinajstić information content (AvgIpc) is 3.42. The zero-order chi connectivity index (χ0) is 18.9. The molecule has 2 aliphatic heterocycles. The molecule has 3 fully saturated rings. The van der Waals surface area contributed by atoms with Crippen molar-refractivity contribution in [3.05, 3.63) is 18.3 Å². The number of hydrogen-bond acceptors (Lipinski definition) is 6. The SMILES string of the molecule is COc1ccc(-c2nnc(N3CCCC3C3CCC3)n2CC2CCOC2)cn1. The minimum Gasteiger partial charge on any atom is -0.481 e. The molecule has 28 heavy (non-hydrogen) atoms. The Hall–Kier alpha value is -2.15. The average molecular weight is 383 g/mol. The van der Waals surface area contributed by atoms with Crippen molar-refractivity contribution in [1.82, 2.24) is 19.7 Å². The first-order valence-electron chi connectivity index (χ1n) is 10.6. The summed E-state index contributed by atoms with van der Waals surface area (Å²) in [5.41, 5.74) is 0.984. The van der Waals surface area contributed by atoms with E-state index in [1.54, 1.807) is 7.11 Å². The van der Waals surface area contributed by atoms with Gasteiger partial charge in [0.25, 0.3) is 0 Å². The van der Waals surface area contributed by atoms with Crippen LogP contribution in [-0.4, -0.2) is 52.7 Å². The summed E-state index contributed by atoms with van der Waals surface area (Å²) in [6.45, 7) is 3.67. The van der Waals surface area contributed by atoms with Gasteiger partial charge in [0, 0.05) is 49.5 Å². The maximum atomic E-state index is 5.64. The van der Waals surface area contributed by atoms with Gasteiger partial charge < -0.3 is 14.4 Å². The van der Waals surface area contributed by atoms with Crippen molar-refractivity contribution in [2.45, 2.75) is 51.1 Å². The Labute approximate surface area is 166 Å². The van der Waals surface area contributed by atoms with E-state index < -0.39 is 0 Å². The lowest BCUT2D eigenvalue weighted by atomic mass is 9.79. The van der Waals surface area contributed by atoms with E-state index in [2.05, 4.69) is 24.6 Å². The third kappa shape index (κ3) is 3.26. The number of anilines is 1. The number of pyridine rings is 1. The molecule has 0 bridgehead atoms. The number of nitrogens with zero attached hydrogens (tertiary/aromatic N) is 5. The molecule has 0 spiro atoms. The third-order valence-electron chi connectivity index (χ3n) is 6.65. The molecular weight excluding hydrogens is 354 g/mol. The van der Waals surface area contributed by atoms with Crippen LogP contribution in [-0.2, 0) is 11.3 Å². The van der Waals surface area contributed by atoms with Crippen molar-refractivity contribution in [2.75, 3.05) is 31.8 Å². The Morgan fingerprint density at radius 1 is 1.14 bits per heavy atom. The quantitative estimate of drug-likeness (QED) is 0.763. The number of rotatable bonds is 6. The van der Waals surface area contributed by atoms with Gasteiger partial charge in [-0.2, -0.15) is 0 Å². The molecule has 2 unspecified atom stereocenters. The minimum absolute atomic E-state index is 0.518. The van der Waals surface area contributed by atoms with Crippen LogP contribution in [0, 0.1) is 11.8 Å². The highest BCUT2D eigenvalue weighted by atomic mass is 16.5. The van der Waals surface area contributed by atoms with Crippen molar-refractivity contribution in [3.8, 4) is 17.3 Å². The molecule has 4 heterocycles. The molecular formula is C21H29N5O2. The molecule has 2 aromatic heterocycles. The van der Waals surface area contributed by atoms with Crippen LogP contribution in [0.4, 0.5) is 5.95 Å². The first-order chi connectivity index (χ1) is 13.8. The summed E-state index contributed by atoms with van der Waals surface area (Å²) in [6.07, 6.45) is 9.57. The molecule has 3 aliphatic rings. The van der Waals surface area contributed by atoms with Gasteiger partial charge in [-0.3, -0.25) is 4.57 Å². The second-order valence-corrected chi connectivity index (χ2v) is 8.35. The molecule has 1 saturated carbocycles. The summed E-state index contributed by atoms with van der Waals surface area (Å²) >= 11 is 0. The number of ether oxygens (including phenoxy) is 2. The van der Waals surface area contributed by atoms with E-state index >= 15 is 0 Å². The largest absolute Gasteiger partial charge is 0.481 e. The van der Waals surface area contributed by atoms with Crippen LogP contribution >= 0.6 is 0 Å². The van der Waals surface area contributed by atoms with Gasteiger partial charge in [0.15, 0.2) is 5.82 Å². The fourth-order valence-electron chi connectivity index (χ4n) is 4.86. The highest BCUT2D eigenvalue weighted by Gasteiger charge is 2.37. The summed E-state index contributed by atoms with van der Waals surface area (Å²) < 4.78 is 13.2. The van der Waals surface area contributed by atoms with E-state index in [0.717, 1.165) is 56.0 Å². The maximum absolute atomic E-state index is 5.64. The first kappa shape index (κ1) is 17.9. The lowest BCUT2D eigenvalue weighted by molar-refractivity contribution is 0.182. The summed E-state index contributed by atoms with van der Waals surface area (Å²) in [5, 5.41) is 9.31. The summed E-state index contributed by atoms with van der Waals surface area (Å²) in [7, 11) is 1.64. The highest BCUT2D eigenvalue weighted by Crippen LogP contribution is 2.39. The molecule has 2 atom stereocenters. The van der Waals surface area contributed by atoms with Gasteiger partial charge in [0.1, 0.15) is 0 Å². The van der Waals surface area contributed by atoms with Crippen LogP contribution in [0.2, 0.25) is 0 Å². The van der Waals surface area contributed by atoms with E-state index in [0.29, 0.717) is 17.8 Å². The summed E-state index contributed by atoms with van der Waals surface area (Å²) in [5.74, 6) is 3.89. The topological polar surface area (TPSA) is 65.3 Å². The van der Waals surface area contributed by atoms with Crippen molar-refractivity contribution in [2.24, 2.45) is 11.8 Å². The zero-order valence-electron chi connectivity index (χ0n) is 16.6. The molecule has 0 N–H and O–H groups in total. The third-order valence-corrected chi connectivity index (χ3v) is 6.65. The number of hydrogen-bond donors (Lipinski definition) is 0. The normalized spacial score (nSPS) is 25.2. The fraction of sp³-hybridized carbons (Fsp3) is 0.667. The van der Waals surface area contributed by atoms with Gasteiger partial charge in [0.05, 0.1) is 13.7 Å². The Bertz CT molecular complexity index is 796. The van der Waals surface area contributed by atoms with Gasteiger partial charge in [-0.25, -0.2) is 4.98 Å². The number of methoxy groups -OCH3 is 1. The lowest BCUT2D eigenvalue weighted by Gasteiger charge is -2.37. The van der Waals surface area contributed by atoms with E-state index in [9.17, 15) is 0 Å². The van der Waals surface area contributed by atoms with Crippen molar-refractivity contribution in [1.29, 1.82) is 0 Å². The molecule has 7 heteroatoms. The first-order valence-corrected chi connectivity index (χ1v) is 10.6. The molecule has 2 aromatic rings. The highest BCUT2D eigenvalue weighted by molar-refractivity contribution is 5.57. The summed E-state index contributed by atoms with van der Waals surface area (Å²) in [4.78, 5) is 6.91. The minimum atomic E-state index is 0.518. The van der Waals surface area contributed by atoms with Crippen LogP contribution in [0.25, 0.3) is 11.4 Å². The molecule has 1 aliphatic carbocycles. The molecule has 5 rings (SSSR count). The molecule has 2 saturated heterocycles. The van der Waals surface area contributed by atoms with Crippen LogP contribution < -0.4 is 9.64 Å². The molecule has 150 valence electrons. The van der Waals surface area contributed by atoms with Gasteiger partial charge in [-0.15, -0.1) is 10.2 Å². The van der Waals surface area contributed by atoms with E-state index in [1.165, 1.54) is 32.1 Å². The van der Waals surface area contributed by atoms with E-state index in [4.69, 9.17) is 9.47 Å². The van der Waals surface area contributed by atoms with E-state index in [1.807, 2.05) is 18.3 Å². The second-order valence-electron chi connectivity index (χ2n) is 8.35. The van der Waals surface area contributed by atoms with Gasteiger partial charge in [0.2, 0.25) is 11.8 Å². The van der Waals surface area contributed by atoms with Gasteiger partial charge in [-0.05, 0) is 44.1 Å². The van der Waals surface area contributed by atoms with Crippen molar-refractivity contribution >= 4 is 5.95 Å². The van der Waals surface area contributed by atoms with Crippen molar-refractivity contribution in [3.63, 3.8) is 0 Å². The van der Waals surface area contributed by atoms with Gasteiger partial charge >= 0.3 is 0 Å². The van der Waals surface area contributed by atoms with Gasteiger partial charge in [-0.1, -0.05) is 6.42 Å². The molecule has 7 nitrogen and oxygen atoms in total. The lowest BCUT2D eigenvalue weighted by Crippen LogP contribution is -2.40. The maximum Gasteiger partial charge on any atom is 0.227 e. The molecule has 0 aromatic carbocycles. The van der Waals surface area contributed by atoms with Crippen LogP contribution in [0.3, 0.4) is 0 Å². The zero-order valence-corrected chi connectivity index (χ0v) is 16.6. The Kier molecular flexibility index (Phi) is 4.93.